The molecule has 0 bridgehead atoms. The van der Waals surface area contributed by atoms with Gasteiger partial charge in [0.1, 0.15) is 0 Å². The normalized spacial score (nSPS) is 35.1. The summed E-state index contributed by atoms with van der Waals surface area (Å²) in [5.41, 5.74) is 0. The average molecular weight is 175 g/mol. The van der Waals surface area contributed by atoms with E-state index >= 15 is 0 Å². The van der Waals surface area contributed by atoms with Crippen LogP contribution < -0.4 is 10.4 Å². The first-order chi connectivity index (χ1) is 5.65. The summed E-state index contributed by atoms with van der Waals surface area (Å²) in [6, 6.07) is 0. The number of hydrogen-bond donors (Lipinski definition) is 1. The second-order valence-electron chi connectivity index (χ2n) is 2.67. The summed E-state index contributed by atoms with van der Waals surface area (Å²) in [5, 5.41) is 12.6. The minimum absolute atomic E-state index is 0.248. The zero-order valence-electron chi connectivity index (χ0n) is 7.15. The van der Waals surface area contributed by atoms with E-state index < -0.39 is 18.3 Å². The fourth-order valence-electron chi connectivity index (χ4n) is 1.14. The molecule has 1 aliphatic rings. The van der Waals surface area contributed by atoms with Crippen molar-refractivity contribution in [3.8, 4) is 0 Å². The SMILES string of the molecule is CCOC(=O)C1OC(C)[NH2+]C1[O-]. The first kappa shape index (κ1) is 9.44. The highest BCUT2D eigenvalue weighted by molar-refractivity contribution is 5.75. The second kappa shape index (κ2) is 3.84. The molecular formula is C7H13NO4. The number of rotatable bonds is 2. The molecule has 0 radical (unpaired) electrons. The lowest BCUT2D eigenvalue weighted by molar-refractivity contribution is -0.819. The number of quaternary nitrogens is 1. The lowest BCUT2D eigenvalue weighted by Crippen LogP contribution is -2.95. The largest absolute Gasteiger partial charge is 0.804 e. The van der Waals surface area contributed by atoms with Gasteiger partial charge in [0.2, 0.25) is 0 Å². The van der Waals surface area contributed by atoms with Crippen molar-refractivity contribution in [1.29, 1.82) is 0 Å². The van der Waals surface area contributed by atoms with Gasteiger partial charge in [0.25, 0.3) is 0 Å². The van der Waals surface area contributed by atoms with E-state index in [-0.39, 0.29) is 12.8 Å². The Morgan fingerprint density at radius 1 is 1.75 bits per heavy atom. The second-order valence-corrected chi connectivity index (χ2v) is 2.67. The van der Waals surface area contributed by atoms with E-state index in [9.17, 15) is 9.90 Å². The zero-order chi connectivity index (χ0) is 9.14. The molecule has 70 valence electrons. The molecule has 0 amide bonds. The Kier molecular flexibility index (Phi) is 3.02. The Morgan fingerprint density at radius 3 is 2.83 bits per heavy atom. The van der Waals surface area contributed by atoms with E-state index in [4.69, 9.17) is 4.74 Å². The van der Waals surface area contributed by atoms with Crippen LogP contribution in [0.15, 0.2) is 0 Å². The van der Waals surface area contributed by atoms with Gasteiger partial charge in [-0.05, 0) is 6.92 Å². The van der Waals surface area contributed by atoms with E-state index in [0.29, 0.717) is 0 Å². The van der Waals surface area contributed by atoms with Crippen LogP contribution in [0.5, 0.6) is 0 Å². The minimum Gasteiger partial charge on any atom is -0.804 e. The van der Waals surface area contributed by atoms with Crippen LogP contribution in [0.1, 0.15) is 13.8 Å². The van der Waals surface area contributed by atoms with E-state index in [0.717, 1.165) is 0 Å². The summed E-state index contributed by atoms with van der Waals surface area (Å²) >= 11 is 0. The van der Waals surface area contributed by atoms with Gasteiger partial charge < -0.3 is 19.9 Å². The van der Waals surface area contributed by atoms with Crippen molar-refractivity contribution in [1.82, 2.24) is 0 Å². The molecule has 0 aromatic rings. The average Bonchev–Trinajstić information content (AvgIpc) is 2.30. The molecular weight excluding hydrogens is 162 g/mol. The van der Waals surface area contributed by atoms with Crippen molar-refractivity contribution in [3.63, 3.8) is 0 Å². The van der Waals surface area contributed by atoms with E-state index in [2.05, 4.69) is 4.74 Å². The monoisotopic (exact) mass is 175 g/mol. The number of ether oxygens (including phenoxy) is 2. The van der Waals surface area contributed by atoms with Crippen molar-refractivity contribution >= 4 is 5.97 Å². The smallest absolute Gasteiger partial charge is 0.340 e. The molecule has 0 aliphatic carbocycles. The molecule has 1 rings (SSSR count). The van der Waals surface area contributed by atoms with Crippen molar-refractivity contribution < 1.29 is 24.7 Å². The summed E-state index contributed by atoms with van der Waals surface area (Å²) in [7, 11) is 0. The van der Waals surface area contributed by atoms with Crippen LogP contribution in [0, 0.1) is 0 Å². The third-order valence-electron chi connectivity index (χ3n) is 1.64. The van der Waals surface area contributed by atoms with Crippen molar-refractivity contribution in [3.05, 3.63) is 0 Å². The molecule has 0 saturated carbocycles. The van der Waals surface area contributed by atoms with Crippen molar-refractivity contribution in [2.75, 3.05) is 6.61 Å². The van der Waals surface area contributed by atoms with Gasteiger partial charge in [0.15, 0.2) is 12.3 Å². The van der Waals surface area contributed by atoms with Crippen LogP contribution in [-0.2, 0) is 14.3 Å². The van der Waals surface area contributed by atoms with Crippen molar-refractivity contribution in [2.24, 2.45) is 0 Å². The molecule has 3 unspecified atom stereocenters. The molecule has 12 heavy (non-hydrogen) atoms. The standard InChI is InChI=1S/C7H12NO4/c1-3-11-7(10)5-6(9)8-4(2)12-5/h4-6,8H,3H2,1-2H3/q-1/p+1. The van der Waals surface area contributed by atoms with E-state index in [1.54, 1.807) is 13.8 Å². The molecule has 1 fully saturated rings. The number of nitrogens with two attached hydrogens (primary N) is 1. The molecule has 0 aromatic carbocycles. The van der Waals surface area contributed by atoms with Crippen LogP contribution >= 0.6 is 0 Å². The van der Waals surface area contributed by atoms with Gasteiger partial charge in [-0.2, -0.15) is 0 Å². The van der Waals surface area contributed by atoms with Gasteiger partial charge in [-0.25, -0.2) is 4.79 Å². The predicted molar refractivity (Wildman–Crippen MR) is 36.7 cm³/mol. The Hall–Kier alpha value is -0.650. The highest BCUT2D eigenvalue weighted by Crippen LogP contribution is 2.03. The Balaban J connectivity index is 2.46. The zero-order valence-corrected chi connectivity index (χ0v) is 7.15. The van der Waals surface area contributed by atoms with Gasteiger partial charge in [-0.1, -0.05) is 0 Å². The van der Waals surface area contributed by atoms with Gasteiger partial charge in [-0.3, -0.25) is 0 Å². The summed E-state index contributed by atoms with van der Waals surface area (Å²) < 4.78 is 9.71. The molecule has 2 N–H and O–H groups in total. The molecule has 1 heterocycles. The van der Waals surface area contributed by atoms with Crippen LogP contribution in [0.4, 0.5) is 0 Å². The molecule has 1 saturated heterocycles. The molecule has 5 nitrogen and oxygen atoms in total. The maximum atomic E-state index is 11.1. The van der Waals surface area contributed by atoms with Crippen molar-refractivity contribution in [2.45, 2.75) is 32.4 Å². The maximum absolute atomic E-state index is 11.1. The topological polar surface area (TPSA) is 75.2 Å². The lowest BCUT2D eigenvalue weighted by atomic mass is 10.3. The summed E-state index contributed by atoms with van der Waals surface area (Å²) in [6.45, 7) is 3.70. The first-order valence-corrected chi connectivity index (χ1v) is 3.98. The van der Waals surface area contributed by atoms with Crippen LogP contribution in [-0.4, -0.2) is 31.1 Å². The Morgan fingerprint density at radius 2 is 2.42 bits per heavy atom. The van der Waals surface area contributed by atoms with Crippen LogP contribution in [0.25, 0.3) is 0 Å². The Bertz CT molecular complexity index is 173. The third kappa shape index (κ3) is 1.94. The maximum Gasteiger partial charge on any atom is 0.340 e. The van der Waals surface area contributed by atoms with Crippen LogP contribution in [0.3, 0.4) is 0 Å². The highest BCUT2D eigenvalue weighted by Gasteiger charge is 2.35. The fourth-order valence-corrected chi connectivity index (χ4v) is 1.14. The molecule has 5 heteroatoms. The molecule has 3 atom stereocenters. The molecule has 0 aromatic heterocycles. The lowest BCUT2D eigenvalue weighted by Gasteiger charge is -2.16. The Labute approximate surface area is 70.7 Å². The number of carbonyl (C=O) groups excluding carboxylic acids is 1. The summed E-state index contributed by atoms with van der Waals surface area (Å²) in [5.74, 6) is -0.557. The number of hydrogen-bond acceptors (Lipinski definition) is 4. The van der Waals surface area contributed by atoms with Crippen LogP contribution in [0.2, 0.25) is 0 Å². The van der Waals surface area contributed by atoms with Gasteiger partial charge in [0, 0.05) is 6.92 Å². The quantitative estimate of drug-likeness (QED) is 0.472. The first-order valence-electron chi connectivity index (χ1n) is 3.98. The third-order valence-corrected chi connectivity index (χ3v) is 1.64. The molecule has 0 spiro atoms. The minimum atomic E-state index is -1.08. The van der Waals surface area contributed by atoms with Gasteiger partial charge in [-0.15, -0.1) is 0 Å². The predicted octanol–water partition coefficient (Wildman–Crippen LogP) is -2.46. The van der Waals surface area contributed by atoms with Gasteiger partial charge in [0.05, 0.1) is 12.8 Å². The summed E-state index contributed by atoms with van der Waals surface area (Å²) in [6.07, 6.45) is -2.28. The number of esters is 1. The highest BCUT2D eigenvalue weighted by atomic mass is 16.6. The van der Waals surface area contributed by atoms with E-state index in [1.807, 2.05) is 0 Å². The number of carbonyl (C=O) groups is 1. The van der Waals surface area contributed by atoms with E-state index in [1.165, 1.54) is 5.32 Å². The van der Waals surface area contributed by atoms with Gasteiger partial charge >= 0.3 is 5.97 Å². The fraction of sp³-hybridized carbons (Fsp3) is 0.857. The summed E-state index contributed by atoms with van der Waals surface area (Å²) in [4.78, 5) is 11.0. The molecule has 1 aliphatic heterocycles.